The van der Waals surface area contributed by atoms with E-state index < -0.39 is 16.6 Å². The van der Waals surface area contributed by atoms with Gasteiger partial charge in [0.05, 0.1) is 16.7 Å². The first-order chi connectivity index (χ1) is 15.1. The number of hydrogen-bond donors (Lipinski definition) is 0. The fraction of sp³-hybridized carbons (Fsp3) is 0.174. The zero-order valence-electron chi connectivity index (χ0n) is 16.8. The topological polar surface area (TPSA) is 62.6 Å². The van der Waals surface area contributed by atoms with Crippen LogP contribution in [0.2, 0.25) is 0 Å². The van der Waals surface area contributed by atoms with Crippen LogP contribution in [0.5, 0.6) is 0 Å². The number of benzene rings is 2. The van der Waals surface area contributed by atoms with Gasteiger partial charge in [0, 0.05) is 40.9 Å². The highest BCUT2D eigenvalue weighted by Crippen LogP contribution is 2.32. The standard InChI is InChI=1S/C23H22FN3O2S2/c1-25-23-20(24)10-5-11-21(23)30-17-27(16-18-7-6-13-26-15-18)22(28)12-14-31(29)19-8-3-2-4-9-19/h2-11,13,15H,1,12,14,16-17H2. The van der Waals surface area contributed by atoms with Gasteiger partial charge < -0.3 is 4.90 Å². The summed E-state index contributed by atoms with van der Waals surface area (Å²) in [4.78, 5) is 23.8. The van der Waals surface area contributed by atoms with Crippen molar-refractivity contribution in [1.29, 1.82) is 0 Å². The third-order valence-corrected chi connectivity index (χ3v) is 6.89. The minimum Gasteiger partial charge on any atom is -0.329 e. The van der Waals surface area contributed by atoms with Gasteiger partial charge in [0.15, 0.2) is 0 Å². The molecule has 0 fully saturated rings. The molecule has 0 saturated carbocycles. The zero-order chi connectivity index (χ0) is 22.1. The summed E-state index contributed by atoms with van der Waals surface area (Å²) in [5.74, 6) is -0.0673. The van der Waals surface area contributed by atoms with Gasteiger partial charge in [0.25, 0.3) is 0 Å². The summed E-state index contributed by atoms with van der Waals surface area (Å²) in [5, 5.41) is 0. The number of amides is 1. The molecule has 0 N–H and O–H groups in total. The van der Waals surface area contributed by atoms with Crippen LogP contribution in [0.1, 0.15) is 12.0 Å². The monoisotopic (exact) mass is 455 g/mol. The summed E-state index contributed by atoms with van der Waals surface area (Å²) in [6.45, 7) is 3.79. The summed E-state index contributed by atoms with van der Waals surface area (Å²) >= 11 is 1.31. The van der Waals surface area contributed by atoms with Crippen LogP contribution in [0.3, 0.4) is 0 Å². The third-order valence-electron chi connectivity index (χ3n) is 4.44. The number of para-hydroxylation sites is 1. The molecule has 1 amide bonds. The zero-order valence-corrected chi connectivity index (χ0v) is 18.4. The third kappa shape index (κ3) is 6.57. The molecule has 1 atom stereocenters. The maximum absolute atomic E-state index is 14.0. The first-order valence-corrected chi connectivity index (χ1v) is 11.9. The first kappa shape index (κ1) is 22.8. The van der Waals surface area contributed by atoms with E-state index in [0.29, 0.717) is 16.3 Å². The van der Waals surface area contributed by atoms with Crippen molar-refractivity contribution in [2.75, 3.05) is 11.6 Å². The van der Waals surface area contributed by atoms with Gasteiger partial charge in [-0.1, -0.05) is 30.3 Å². The molecule has 31 heavy (non-hydrogen) atoms. The van der Waals surface area contributed by atoms with Gasteiger partial charge >= 0.3 is 0 Å². The number of aromatic nitrogens is 1. The first-order valence-electron chi connectivity index (χ1n) is 9.56. The van der Waals surface area contributed by atoms with Crippen LogP contribution in [0.25, 0.3) is 0 Å². The summed E-state index contributed by atoms with van der Waals surface area (Å²) in [7, 11) is -1.25. The molecular weight excluding hydrogens is 433 g/mol. The Bertz CT molecular complexity index is 1050. The molecule has 3 aromatic rings. The Hall–Kier alpha value is -2.84. The lowest BCUT2D eigenvalue weighted by Gasteiger charge is -2.23. The van der Waals surface area contributed by atoms with Crippen LogP contribution in [0.15, 0.2) is 87.8 Å². The summed E-state index contributed by atoms with van der Waals surface area (Å²) < 4.78 is 26.5. The minimum absolute atomic E-state index is 0.134. The van der Waals surface area contributed by atoms with E-state index in [4.69, 9.17) is 0 Å². The van der Waals surface area contributed by atoms with E-state index >= 15 is 0 Å². The molecule has 0 radical (unpaired) electrons. The molecule has 0 saturated heterocycles. The molecule has 3 rings (SSSR count). The quantitative estimate of drug-likeness (QED) is 0.250. The Kier molecular flexibility index (Phi) is 8.49. The molecule has 2 aromatic carbocycles. The Balaban J connectivity index is 1.70. The lowest BCUT2D eigenvalue weighted by Crippen LogP contribution is -2.31. The smallest absolute Gasteiger partial charge is 0.224 e. The van der Waals surface area contributed by atoms with E-state index in [2.05, 4.69) is 16.7 Å². The normalized spacial score (nSPS) is 11.6. The summed E-state index contributed by atoms with van der Waals surface area (Å²) in [5.41, 5.74) is 1.05. The number of aliphatic imine (C=N–C) groups is 1. The highest BCUT2D eigenvalue weighted by atomic mass is 32.2. The molecule has 0 aliphatic carbocycles. The van der Waals surface area contributed by atoms with Gasteiger partial charge in [-0.2, -0.15) is 0 Å². The average molecular weight is 456 g/mol. The predicted molar refractivity (Wildman–Crippen MR) is 123 cm³/mol. The van der Waals surface area contributed by atoms with Crippen molar-refractivity contribution in [2.24, 2.45) is 4.99 Å². The number of carbonyl (C=O) groups is 1. The number of rotatable bonds is 10. The van der Waals surface area contributed by atoms with Crippen LogP contribution >= 0.6 is 11.8 Å². The highest BCUT2D eigenvalue weighted by Gasteiger charge is 2.18. The number of halogens is 1. The van der Waals surface area contributed by atoms with E-state index in [1.165, 1.54) is 17.8 Å². The van der Waals surface area contributed by atoms with E-state index in [-0.39, 0.29) is 29.6 Å². The Morgan fingerprint density at radius 2 is 1.94 bits per heavy atom. The van der Waals surface area contributed by atoms with Gasteiger partial charge in [-0.25, -0.2) is 4.39 Å². The lowest BCUT2D eigenvalue weighted by atomic mass is 10.2. The number of pyridine rings is 1. The molecule has 0 bridgehead atoms. The van der Waals surface area contributed by atoms with Crippen molar-refractivity contribution in [3.8, 4) is 0 Å². The van der Waals surface area contributed by atoms with E-state index in [1.54, 1.807) is 41.6 Å². The Morgan fingerprint density at radius 1 is 1.13 bits per heavy atom. The van der Waals surface area contributed by atoms with Crippen LogP contribution in [0.4, 0.5) is 10.1 Å². The number of nitrogens with zero attached hydrogens (tertiary/aromatic N) is 3. The fourth-order valence-corrected chi connectivity index (χ4v) is 4.92. The van der Waals surface area contributed by atoms with Crippen LogP contribution in [0, 0.1) is 5.82 Å². The number of thioether (sulfide) groups is 1. The maximum Gasteiger partial charge on any atom is 0.224 e. The molecular formula is C23H22FN3O2S2. The van der Waals surface area contributed by atoms with Crippen molar-refractivity contribution >= 4 is 40.9 Å². The highest BCUT2D eigenvalue weighted by molar-refractivity contribution is 7.99. The summed E-state index contributed by atoms with van der Waals surface area (Å²) in [6, 6.07) is 17.5. The molecule has 160 valence electrons. The lowest BCUT2D eigenvalue weighted by molar-refractivity contribution is -0.130. The van der Waals surface area contributed by atoms with Crippen molar-refractivity contribution < 1.29 is 13.4 Å². The van der Waals surface area contributed by atoms with E-state index in [9.17, 15) is 13.4 Å². The maximum atomic E-state index is 14.0. The van der Waals surface area contributed by atoms with Crippen molar-refractivity contribution in [3.05, 3.63) is 84.4 Å². The molecule has 1 aromatic heterocycles. The van der Waals surface area contributed by atoms with Gasteiger partial charge in [-0.3, -0.25) is 19.0 Å². The molecule has 1 heterocycles. The second kappa shape index (κ2) is 11.5. The van der Waals surface area contributed by atoms with Gasteiger partial charge in [-0.05, 0) is 42.6 Å². The van der Waals surface area contributed by atoms with Crippen molar-refractivity contribution in [1.82, 2.24) is 9.88 Å². The van der Waals surface area contributed by atoms with E-state index in [1.807, 2.05) is 30.3 Å². The van der Waals surface area contributed by atoms with Gasteiger partial charge in [-0.15, -0.1) is 11.8 Å². The minimum atomic E-state index is -1.25. The molecule has 8 heteroatoms. The SMILES string of the molecule is C=Nc1c(F)cccc1SCN(Cc1cccnc1)C(=O)CCS(=O)c1ccccc1. The molecule has 5 nitrogen and oxygen atoms in total. The Labute approximate surface area is 187 Å². The van der Waals surface area contributed by atoms with Gasteiger partial charge in [0.1, 0.15) is 11.5 Å². The van der Waals surface area contributed by atoms with Crippen molar-refractivity contribution in [3.63, 3.8) is 0 Å². The molecule has 0 aliphatic heterocycles. The number of carbonyl (C=O) groups excluding carboxylic acids is 1. The van der Waals surface area contributed by atoms with Crippen LogP contribution < -0.4 is 0 Å². The average Bonchev–Trinajstić information content (AvgIpc) is 2.81. The predicted octanol–water partition coefficient (Wildman–Crippen LogP) is 4.83. The second-order valence-corrected chi connectivity index (χ2v) is 9.14. The second-order valence-electron chi connectivity index (χ2n) is 6.58. The van der Waals surface area contributed by atoms with Crippen LogP contribution in [-0.4, -0.2) is 38.3 Å². The Morgan fingerprint density at radius 3 is 2.65 bits per heavy atom. The molecule has 1 unspecified atom stereocenters. The van der Waals surface area contributed by atoms with Crippen molar-refractivity contribution in [2.45, 2.75) is 22.8 Å². The largest absolute Gasteiger partial charge is 0.329 e. The molecule has 0 spiro atoms. The number of hydrogen-bond acceptors (Lipinski definition) is 5. The summed E-state index contributed by atoms with van der Waals surface area (Å²) in [6.07, 6.45) is 3.51. The fourth-order valence-electron chi connectivity index (χ4n) is 2.86. The van der Waals surface area contributed by atoms with E-state index in [0.717, 1.165) is 5.56 Å². The van der Waals surface area contributed by atoms with Gasteiger partial charge in [0.2, 0.25) is 5.91 Å². The van der Waals surface area contributed by atoms with Crippen LogP contribution in [-0.2, 0) is 22.1 Å². The molecule has 0 aliphatic rings.